The number of rotatable bonds is 3. The predicted octanol–water partition coefficient (Wildman–Crippen LogP) is 6.16. The van der Waals surface area contributed by atoms with E-state index in [9.17, 15) is 52.7 Å². The van der Waals surface area contributed by atoms with E-state index in [4.69, 9.17) is 0 Å². The topological polar surface area (TPSA) is 0 Å². The maximum atomic E-state index is 14.8. The molecule has 0 radical (unpaired) electrons. The molecule has 0 atom stereocenters. The molecular formula is C18AsBr3F12. The monoisotopic (exact) mass is 756 g/mol. The second-order valence-corrected chi connectivity index (χ2v) is 12.7. The Hall–Kier alpha value is -1.18. The molecule has 0 nitrogen and oxygen atoms in total. The van der Waals surface area contributed by atoms with Crippen LogP contribution in [0.15, 0.2) is 13.4 Å². The average Bonchev–Trinajstić information content (AvgIpc) is 2.81. The van der Waals surface area contributed by atoms with E-state index in [-0.39, 0.29) is 0 Å². The van der Waals surface area contributed by atoms with E-state index in [1.807, 2.05) is 0 Å². The third kappa shape index (κ3) is 4.00. The molecule has 0 aliphatic rings. The van der Waals surface area contributed by atoms with E-state index < -0.39 is 111 Å². The molecule has 3 aromatic rings. The third-order valence-electron chi connectivity index (χ3n) is 4.23. The third-order valence-corrected chi connectivity index (χ3v) is 13.9. The summed E-state index contributed by atoms with van der Waals surface area (Å²) < 4.78 is 162. The summed E-state index contributed by atoms with van der Waals surface area (Å²) in [5, 5.41) is 0. The van der Waals surface area contributed by atoms with Gasteiger partial charge in [0.25, 0.3) is 0 Å². The van der Waals surface area contributed by atoms with Crippen molar-refractivity contribution in [3.8, 4) is 0 Å². The van der Waals surface area contributed by atoms with Crippen LogP contribution in [0.25, 0.3) is 0 Å². The Bertz CT molecular complexity index is 1130. The van der Waals surface area contributed by atoms with Crippen LogP contribution in [-0.2, 0) is 0 Å². The summed E-state index contributed by atoms with van der Waals surface area (Å²) in [7, 11) is 0. The van der Waals surface area contributed by atoms with Gasteiger partial charge in [0.05, 0.1) is 0 Å². The number of hydrogen-bond acceptors (Lipinski definition) is 0. The van der Waals surface area contributed by atoms with Crippen molar-refractivity contribution >= 4 is 75.5 Å². The molecule has 0 fully saturated rings. The molecule has 16 heteroatoms. The Morgan fingerprint density at radius 3 is 0.676 bits per heavy atom. The standard InChI is InChI=1S/C18AsBr3F12/c20-4-1(7(23)13(29)16(32)10(4)26)19(2-5(21)11(27)17(33)14(30)8(2)24)3-6(22)12(28)18(34)15(31)9(3)25. The molecule has 3 aromatic carbocycles. The van der Waals surface area contributed by atoms with Crippen molar-refractivity contribution in [1.29, 1.82) is 0 Å². The maximum absolute atomic E-state index is 14.8. The first-order valence-electron chi connectivity index (χ1n) is 8.01. The molecule has 0 saturated carbocycles. The Kier molecular flexibility index (Phi) is 7.82. The van der Waals surface area contributed by atoms with Gasteiger partial charge in [0, 0.05) is 0 Å². The van der Waals surface area contributed by atoms with E-state index in [1.54, 1.807) is 0 Å². The van der Waals surface area contributed by atoms with Crippen molar-refractivity contribution in [3.05, 3.63) is 83.2 Å². The van der Waals surface area contributed by atoms with Crippen molar-refractivity contribution < 1.29 is 52.7 Å². The van der Waals surface area contributed by atoms with Crippen LogP contribution in [-0.4, -0.2) is 14.7 Å². The Labute approximate surface area is 210 Å². The molecule has 0 aromatic heterocycles. The minimum absolute atomic E-state index is 1.38. The first-order valence-corrected chi connectivity index (χ1v) is 13.2. The molecule has 0 aliphatic carbocycles. The molecule has 3 rings (SSSR count). The predicted molar refractivity (Wildman–Crippen MR) is 107 cm³/mol. The normalized spacial score (nSPS) is 11.6. The first-order chi connectivity index (χ1) is 15.7. The molecule has 0 unspecified atom stereocenters. The van der Waals surface area contributed by atoms with Crippen molar-refractivity contribution in [3.63, 3.8) is 0 Å². The minimum atomic E-state index is -5.08. The van der Waals surface area contributed by atoms with Gasteiger partial charge in [0.2, 0.25) is 0 Å². The van der Waals surface area contributed by atoms with E-state index in [2.05, 4.69) is 47.8 Å². The summed E-state index contributed by atoms with van der Waals surface area (Å²) in [5.41, 5.74) is 0. The number of halogens is 15. The van der Waals surface area contributed by atoms with Gasteiger partial charge in [-0.3, -0.25) is 0 Å². The number of hydrogen-bond donors (Lipinski definition) is 0. The molecule has 182 valence electrons. The van der Waals surface area contributed by atoms with Gasteiger partial charge in [-0.25, -0.2) is 0 Å². The van der Waals surface area contributed by atoms with Gasteiger partial charge >= 0.3 is 211 Å². The van der Waals surface area contributed by atoms with Crippen LogP contribution >= 0.6 is 47.8 Å². The van der Waals surface area contributed by atoms with Crippen molar-refractivity contribution in [1.82, 2.24) is 0 Å². The molecule has 0 bridgehead atoms. The second-order valence-electron chi connectivity index (χ2n) is 6.09. The summed E-state index contributed by atoms with van der Waals surface area (Å²) in [6.07, 6.45) is 0. The molecule has 0 amide bonds. The van der Waals surface area contributed by atoms with Gasteiger partial charge in [-0.05, 0) is 0 Å². The molecule has 0 aliphatic heterocycles. The van der Waals surface area contributed by atoms with Gasteiger partial charge < -0.3 is 0 Å². The molecule has 34 heavy (non-hydrogen) atoms. The molecule has 0 saturated heterocycles. The van der Waals surface area contributed by atoms with Crippen molar-refractivity contribution in [2.45, 2.75) is 0 Å². The van der Waals surface area contributed by atoms with Crippen LogP contribution in [0.5, 0.6) is 0 Å². The van der Waals surface area contributed by atoms with Crippen molar-refractivity contribution in [2.75, 3.05) is 0 Å². The summed E-state index contributed by atoms with van der Waals surface area (Å²) in [4.78, 5) is 0. The molecule has 0 N–H and O–H groups in total. The van der Waals surface area contributed by atoms with Gasteiger partial charge in [0.1, 0.15) is 0 Å². The molecular weight excluding hydrogens is 759 g/mol. The van der Waals surface area contributed by atoms with Crippen LogP contribution in [0.1, 0.15) is 0 Å². The van der Waals surface area contributed by atoms with Crippen LogP contribution in [0.3, 0.4) is 0 Å². The number of benzene rings is 3. The molecule has 0 spiro atoms. The second kappa shape index (κ2) is 9.70. The van der Waals surface area contributed by atoms with Gasteiger partial charge in [-0.1, -0.05) is 0 Å². The first kappa shape index (κ1) is 27.4. The van der Waals surface area contributed by atoms with E-state index in [1.165, 1.54) is 0 Å². The summed E-state index contributed by atoms with van der Waals surface area (Å²) >= 11 is 1.91. The van der Waals surface area contributed by atoms with E-state index in [0.717, 1.165) is 0 Å². The van der Waals surface area contributed by atoms with Gasteiger partial charge in [-0.2, -0.15) is 0 Å². The van der Waals surface area contributed by atoms with Gasteiger partial charge in [-0.15, -0.1) is 0 Å². The van der Waals surface area contributed by atoms with Crippen molar-refractivity contribution in [2.24, 2.45) is 0 Å². The quantitative estimate of drug-likeness (QED) is 0.130. The van der Waals surface area contributed by atoms with Crippen LogP contribution < -0.4 is 13.1 Å². The SMILES string of the molecule is Fc1c(F)c(F)c([As](c2c(F)c(F)c(F)c(F)c2Br)c2c(F)c(F)c(F)c(F)c2Br)c(Br)c1F. The Balaban J connectivity index is 2.68. The fourth-order valence-corrected chi connectivity index (χ4v) is 11.6. The Morgan fingerprint density at radius 1 is 0.294 bits per heavy atom. The van der Waals surface area contributed by atoms with Crippen LogP contribution in [0.4, 0.5) is 52.7 Å². The van der Waals surface area contributed by atoms with Crippen LogP contribution in [0.2, 0.25) is 0 Å². The summed E-state index contributed by atoms with van der Waals surface area (Å²) in [6.45, 7) is 0. The van der Waals surface area contributed by atoms with Gasteiger partial charge in [0.15, 0.2) is 0 Å². The zero-order chi connectivity index (χ0) is 26.0. The average molecular weight is 759 g/mol. The zero-order valence-corrected chi connectivity index (χ0v) is 21.8. The van der Waals surface area contributed by atoms with Crippen LogP contribution in [0, 0.1) is 69.8 Å². The fraction of sp³-hybridized carbons (Fsp3) is 0. The fourth-order valence-electron chi connectivity index (χ4n) is 2.70. The Morgan fingerprint density at radius 2 is 0.471 bits per heavy atom. The van der Waals surface area contributed by atoms with E-state index in [0.29, 0.717) is 0 Å². The van der Waals surface area contributed by atoms with E-state index >= 15 is 0 Å². The summed E-state index contributed by atoms with van der Waals surface area (Å²) in [6, 6.07) is 0. The molecule has 0 heterocycles. The summed E-state index contributed by atoms with van der Waals surface area (Å²) in [5.74, 6) is -28.6. The zero-order valence-electron chi connectivity index (χ0n) is 15.1.